The van der Waals surface area contributed by atoms with Gasteiger partial charge in [-0.05, 0) is 24.7 Å². The Morgan fingerprint density at radius 3 is 1.15 bits per heavy atom. The van der Waals surface area contributed by atoms with Gasteiger partial charge in [0.15, 0.2) is 6.10 Å². The molecule has 0 radical (unpaired) electrons. The number of rotatable bonds is 31. The Bertz CT molecular complexity index is 574. The van der Waals surface area contributed by atoms with Crippen molar-refractivity contribution in [2.24, 2.45) is 11.8 Å². The molecule has 0 heterocycles. The molecule has 1 N–H and O–H groups in total. The summed E-state index contributed by atoms with van der Waals surface area (Å²) in [5.74, 6) is 1.08. The molecular weight excluding hydrogens is 512 g/mol. The first-order valence-electron chi connectivity index (χ1n) is 17.8. The fourth-order valence-electron chi connectivity index (χ4n) is 5.28. The SMILES string of the molecule is CC(C)CCCCCCCCCCCCCCC(=O)O[C@@H](CO)COC(=O)CCCCCCCCCCCC(C)C. The molecule has 0 bridgehead atoms. The molecule has 0 aromatic heterocycles. The molecule has 5 heteroatoms. The van der Waals surface area contributed by atoms with Crippen LogP contribution in [-0.4, -0.2) is 36.4 Å². The highest BCUT2D eigenvalue weighted by Gasteiger charge is 2.16. The topological polar surface area (TPSA) is 72.8 Å². The highest BCUT2D eigenvalue weighted by molar-refractivity contribution is 5.70. The number of unbranched alkanes of at least 4 members (excludes halogenated alkanes) is 19. The van der Waals surface area contributed by atoms with E-state index in [9.17, 15) is 14.7 Å². The summed E-state index contributed by atoms with van der Waals surface area (Å²) in [6.45, 7) is 8.81. The molecule has 0 saturated carbocycles. The molecule has 0 rings (SSSR count). The predicted molar refractivity (Wildman–Crippen MR) is 173 cm³/mol. The molecule has 0 spiro atoms. The highest BCUT2D eigenvalue weighted by atomic mass is 16.6. The Morgan fingerprint density at radius 1 is 0.488 bits per heavy atom. The zero-order chi connectivity index (χ0) is 30.4. The van der Waals surface area contributed by atoms with Crippen LogP contribution in [0.15, 0.2) is 0 Å². The van der Waals surface area contributed by atoms with Crippen LogP contribution < -0.4 is 0 Å². The molecule has 41 heavy (non-hydrogen) atoms. The van der Waals surface area contributed by atoms with Gasteiger partial charge in [0, 0.05) is 12.8 Å². The first kappa shape index (κ1) is 39.9. The highest BCUT2D eigenvalue weighted by Crippen LogP contribution is 2.16. The van der Waals surface area contributed by atoms with Gasteiger partial charge in [0.1, 0.15) is 6.61 Å². The van der Waals surface area contributed by atoms with Crippen LogP contribution in [0.1, 0.15) is 188 Å². The van der Waals surface area contributed by atoms with E-state index in [2.05, 4.69) is 27.7 Å². The monoisotopic (exact) mass is 583 g/mol. The van der Waals surface area contributed by atoms with E-state index >= 15 is 0 Å². The predicted octanol–water partition coefficient (Wildman–Crippen LogP) is 10.5. The quantitative estimate of drug-likeness (QED) is 0.0650. The maximum absolute atomic E-state index is 12.1. The van der Waals surface area contributed by atoms with Gasteiger partial charge >= 0.3 is 11.9 Å². The summed E-state index contributed by atoms with van der Waals surface area (Å²) >= 11 is 0. The summed E-state index contributed by atoms with van der Waals surface area (Å²) in [5.41, 5.74) is 0. The van der Waals surface area contributed by atoms with E-state index in [1.165, 1.54) is 109 Å². The summed E-state index contributed by atoms with van der Waals surface area (Å²) in [6, 6.07) is 0. The number of carbonyl (C=O) groups excluding carboxylic acids is 2. The van der Waals surface area contributed by atoms with Crippen molar-refractivity contribution >= 4 is 11.9 Å². The van der Waals surface area contributed by atoms with Gasteiger partial charge in [-0.15, -0.1) is 0 Å². The van der Waals surface area contributed by atoms with Crippen molar-refractivity contribution in [2.45, 2.75) is 194 Å². The lowest BCUT2D eigenvalue weighted by Gasteiger charge is -2.15. The molecule has 1 atom stereocenters. The summed E-state index contributed by atoms with van der Waals surface area (Å²) in [5, 5.41) is 9.51. The van der Waals surface area contributed by atoms with Crippen molar-refractivity contribution in [3.63, 3.8) is 0 Å². The van der Waals surface area contributed by atoms with E-state index in [-0.39, 0.29) is 25.2 Å². The summed E-state index contributed by atoms with van der Waals surface area (Å²) < 4.78 is 10.6. The second kappa shape index (κ2) is 30.4. The first-order valence-corrected chi connectivity index (χ1v) is 17.8. The molecule has 244 valence electrons. The molecular formula is C36H70O5. The second-order valence-electron chi connectivity index (χ2n) is 13.3. The second-order valence-corrected chi connectivity index (χ2v) is 13.3. The van der Waals surface area contributed by atoms with Crippen molar-refractivity contribution in [1.82, 2.24) is 0 Å². The third-order valence-corrected chi connectivity index (χ3v) is 8.01. The Hall–Kier alpha value is -1.10. The average Bonchev–Trinajstić information content (AvgIpc) is 2.93. The molecule has 0 amide bonds. The summed E-state index contributed by atoms with van der Waals surface area (Å²) in [4.78, 5) is 24.1. The Balaban J connectivity index is 3.54. The molecule has 0 fully saturated rings. The third-order valence-electron chi connectivity index (χ3n) is 8.01. The van der Waals surface area contributed by atoms with Gasteiger partial charge in [-0.25, -0.2) is 0 Å². The van der Waals surface area contributed by atoms with E-state index in [1.54, 1.807) is 0 Å². The minimum absolute atomic E-state index is 0.0597. The number of ether oxygens (including phenoxy) is 2. The van der Waals surface area contributed by atoms with E-state index in [0.29, 0.717) is 12.8 Å². The summed E-state index contributed by atoms with van der Waals surface area (Å²) in [7, 11) is 0. The zero-order valence-corrected chi connectivity index (χ0v) is 27.9. The molecule has 0 aliphatic heterocycles. The van der Waals surface area contributed by atoms with E-state index in [1.807, 2.05) is 0 Å². The van der Waals surface area contributed by atoms with Gasteiger partial charge in [0.25, 0.3) is 0 Å². The van der Waals surface area contributed by atoms with Gasteiger partial charge in [-0.2, -0.15) is 0 Å². The van der Waals surface area contributed by atoms with Gasteiger partial charge in [-0.1, -0.05) is 163 Å². The largest absolute Gasteiger partial charge is 0.462 e. The van der Waals surface area contributed by atoms with Crippen molar-refractivity contribution in [3.05, 3.63) is 0 Å². The molecule has 0 aliphatic rings. The zero-order valence-electron chi connectivity index (χ0n) is 27.9. The lowest BCUT2D eigenvalue weighted by molar-refractivity contribution is -0.161. The van der Waals surface area contributed by atoms with Gasteiger partial charge < -0.3 is 14.6 Å². The molecule has 5 nitrogen and oxygen atoms in total. The van der Waals surface area contributed by atoms with E-state index in [0.717, 1.165) is 50.4 Å². The van der Waals surface area contributed by atoms with Crippen molar-refractivity contribution < 1.29 is 24.2 Å². The third kappa shape index (κ3) is 31.7. The van der Waals surface area contributed by atoms with E-state index < -0.39 is 6.10 Å². The minimum Gasteiger partial charge on any atom is -0.462 e. The number of carbonyl (C=O) groups is 2. The standard InChI is InChI=1S/C36H70O5/c1-32(2)26-22-18-14-10-7-5-6-8-12-17-21-25-29-36(39)41-34(30-37)31-40-35(38)28-24-20-16-13-9-11-15-19-23-27-33(3)4/h32-34,37H,5-31H2,1-4H3/t34-/m0/s1. The number of aliphatic hydroxyl groups excluding tert-OH is 1. The van der Waals surface area contributed by atoms with Crippen LogP contribution in [-0.2, 0) is 19.1 Å². The van der Waals surface area contributed by atoms with Crippen molar-refractivity contribution in [3.8, 4) is 0 Å². The van der Waals surface area contributed by atoms with Gasteiger partial charge in [0.2, 0.25) is 0 Å². The molecule has 0 aromatic carbocycles. The van der Waals surface area contributed by atoms with Crippen LogP contribution >= 0.6 is 0 Å². The molecule has 0 saturated heterocycles. The molecule has 0 aliphatic carbocycles. The average molecular weight is 583 g/mol. The smallest absolute Gasteiger partial charge is 0.306 e. The molecule has 0 unspecified atom stereocenters. The number of aliphatic hydroxyl groups is 1. The molecule has 0 aromatic rings. The van der Waals surface area contributed by atoms with Crippen LogP contribution in [0.5, 0.6) is 0 Å². The van der Waals surface area contributed by atoms with Crippen molar-refractivity contribution in [1.29, 1.82) is 0 Å². The van der Waals surface area contributed by atoms with Crippen molar-refractivity contribution in [2.75, 3.05) is 13.2 Å². The maximum Gasteiger partial charge on any atom is 0.306 e. The fraction of sp³-hybridized carbons (Fsp3) is 0.944. The number of hydrogen-bond donors (Lipinski definition) is 1. The minimum atomic E-state index is -0.762. The van der Waals surface area contributed by atoms with Crippen LogP contribution in [0.4, 0.5) is 0 Å². The van der Waals surface area contributed by atoms with E-state index in [4.69, 9.17) is 9.47 Å². The number of esters is 2. The van der Waals surface area contributed by atoms with Gasteiger partial charge in [0.05, 0.1) is 6.61 Å². The van der Waals surface area contributed by atoms with Gasteiger partial charge in [-0.3, -0.25) is 9.59 Å². The maximum atomic E-state index is 12.1. The Morgan fingerprint density at radius 2 is 0.805 bits per heavy atom. The van der Waals surface area contributed by atoms with Crippen LogP contribution in [0.25, 0.3) is 0 Å². The Labute approximate surface area is 255 Å². The summed E-state index contributed by atoms with van der Waals surface area (Å²) in [6.07, 6.45) is 28.7. The number of hydrogen-bond acceptors (Lipinski definition) is 5. The normalized spacial score (nSPS) is 12.3. The first-order chi connectivity index (χ1) is 19.8. The lowest BCUT2D eigenvalue weighted by atomic mass is 10.0. The lowest BCUT2D eigenvalue weighted by Crippen LogP contribution is -2.28. The van der Waals surface area contributed by atoms with Crippen LogP contribution in [0, 0.1) is 11.8 Å². The Kier molecular flexibility index (Phi) is 29.5. The van der Waals surface area contributed by atoms with Crippen LogP contribution in [0.2, 0.25) is 0 Å². The fourth-order valence-corrected chi connectivity index (χ4v) is 5.28. The van der Waals surface area contributed by atoms with Crippen LogP contribution in [0.3, 0.4) is 0 Å².